The van der Waals surface area contributed by atoms with Crippen molar-refractivity contribution in [1.29, 1.82) is 0 Å². The van der Waals surface area contributed by atoms with E-state index in [4.69, 9.17) is 5.73 Å². The highest BCUT2D eigenvalue weighted by molar-refractivity contribution is 8.04. The number of carbonyl (C=O) groups excluding carboxylic acids is 2. The Labute approximate surface area is 187 Å². The maximum Gasteiger partial charge on any atom is 0.243 e. The summed E-state index contributed by atoms with van der Waals surface area (Å²) in [5.74, 6) is -0.371. The lowest BCUT2D eigenvalue weighted by molar-refractivity contribution is -0.131. The van der Waals surface area contributed by atoms with E-state index >= 15 is 0 Å². The van der Waals surface area contributed by atoms with E-state index in [2.05, 4.69) is 10.2 Å². The van der Waals surface area contributed by atoms with E-state index in [1.807, 2.05) is 0 Å². The summed E-state index contributed by atoms with van der Waals surface area (Å²) in [6.07, 6.45) is 0. The monoisotopic (exact) mass is 487 g/mol. The number of amides is 2. The van der Waals surface area contributed by atoms with Crippen LogP contribution in [0.4, 0.5) is 0 Å². The van der Waals surface area contributed by atoms with Crippen LogP contribution in [0.2, 0.25) is 0 Å². The van der Waals surface area contributed by atoms with Gasteiger partial charge in [-0.2, -0.15) is 4.31 Å². The van der Waals surface area contributed by atoms with E-state index in [0.29, 0.717) is 21.8 Å². The molecule has 3 rings (SSSR count). The molecule has 0 bridgehead atoms. The van der Waals surface area contributed by atoms with Gasteiger partial charge >= 0.3 is 0 Å². The van der Waals surface area contributed by atoms with E-state index < -0.39 is 15.9 Å². The second-order valence-electron chi connectivity index (χ2n) is 6.39. The Balaban J connectivity index is 1.53. The molecule has 1 unspecified atom stereocenters. The van der Waals surface area contributed by atoms with Crippen molar-refractivity contribution in [2.75, 3.05) is 31.9 Å². The van der Waals surface area contributed by atoms with Gasteiger partial charge in [-0.25, -0.2) is 8.42 Å². The fourth-order valence-corrected chi connectivity index (χ4v) is 7.22. The molecule has 9 nitrogen and oxygen atoms in total. The number of rotatable bonds is 8. The number of carbonyl (C=O) groups is 2. The molecule has 1 aliphatic rings. The molecule has 1 aliphatic heterocycles. The number of piperazine rings is 1. The van der Waals surface area contributed by atoms with Gasteiger partial charge in [0.2, 0.25) is 21.8 Å². The maximum atomic E-state index is 12.8. The van der Waals surface area contributed by atoms with Crippen LogP contribution in [0.1, 0.15) is 6.92 Å². The second-order valence-corrected chi connectivity index (χ2v) is 12.1. The number of hydrogen-bond donors (Lipinski definition) is 1. The molecule has 2 aromatic rings. The zero-order chi connectivity index (χ0) is 21.7. The Morgan fingerprint density at radius 1 is 1.13 bits per heavy atom. The van der Waals surface area contributed by atoms with E-state index in [1.54, 1.807) is 42.2 Å². The standard InChI is InChI=1S/C17H21N5O4S4/c1-12(28-17-20-19-16(29-17)27-11-14(18)23)15(24)21-7-9-22(10-8-21)30(25,26)13-5-3-2-4-6-13/h2-6,12H,7-11H2,1H3,(H2,18,23). The van der Waals surface area contributed by atoms with Crippen molar-refractivity contribution in [2.45, 2.75) is 25.7 Å². The van der Waals surface area contributed by atoms with Crippen molar-refractivity contribution in [1.82, 2.24) is 19.4 Å². The fourth-order valence-electron chi connectivity index (χ4n) is 2.79. The topological polar surface area (TPSA) is 127 Å². The average molecular weight is 488 g/mol. The first kappa shape index (κ1) is 23.0. The summed E-state index contributed by atoms with van der Waals surface area (Å²) >= 11 is 3.82. The number of nitrogens with two attached hydrogens (primary N) is 1. The molecule has 1 saturated heterocycles. The molecule has 30 heavy (non-hydrogen) atoms. The number of benzene rings is 1. The molecule has 13 heteroatoms. The summed E-state index contributed by atoms with van der Waals surface area (Å²) in [7, 11) is -3.55. The molecule has 2 heterocycles. The van der Waals surface area contributed by atoms with Crippen molar-refractivity contribution in [3.8, 4) is 0 Å². The van der Waals surface area contributed by atoms with Crippen LogP contribution < -0.4 is 5.73 Å². The first-order valence-electron chi connectivity index (χ1n) is 9.02. The molecule has 0 aliphatic carbocycles. The first-order chi connectivity index (χ1) is 14.3. The highest BCUT2D eigenvalue weighted by Crippen LogP contribution is 2.32. The molecule has 1 aromatic carbocycles. The molecule has 1 aromatic heterocycles. The molecule has 162 valence electrons. The van der Waals surface area contributed by atoms with E-state index in [9.17, 15) is 18.0 Å². The number of aromatic nitrogens is 2. The number of thioether (sulfide) groups is 2. The molecular formula is C17H21N5O4S4. The Bertz CT molecular complexity index is 991. The molecule has 0 radical (unpaired) electrons. The van der Waals surface area contributed by atoms with Gasteiger partial charge in [0.25, 0.3) is 0 Å². The van der Waals surface area contributed by atoms with Gasteiger partial charge in [0, 0.05) is 26.2 Å². The smallest absolute Gasteiger partial charge is 0.243 e. The van der Waals surface area contributed by atoms with E-state index in [1.165, 1.54) is 39.2 Å². The van der Waals surface area contributed by atoms with Gasteiger partial charge in [-0.1, -0.05) is 53.1 Å². The van der Waals surface area contributed by atoms with Crippen LogP contribution in [0, 0.1) is 0 Å². The van der Waals surface area contributed by atoms with Crippen LogP contribution in [0.3, 0.4) is 0 Å². The lowest BCUT2D eigenvalue weighted by Crippen LogP contribution is -2.52. The molecule has 1 fully saturated rings. The van der Waals surface area contributed by atoms with Crippen molar-refractivity contribution in [3.63, 3.8) is 0 Å². The van der Waals surface area contributed by atoms with Crippen LogP contribution in [0.25, 0.3) is 0 Å². The van der Waals surface area contributed by atoms with Gasteiger partial charge in [-0.3, -0.25) is 9.59 Å². The van der Waals surface area contributed by atoms with Crippen molar-refractivity contribution < 1.29 is 18.0 Å². The summed E-state index contributed by atoms with van der Waals surface area (Å²) in [6.45, 7) is 2.98. The van der Waals surface area contributed by atoms with Crippen LogP contribution in [0.15, 0.2) is 43.9 Å². The maximum absolute atomic E-state index is 12.8. The van der Waals surface area contributed by atoms with Gasteiger partial charge in [0.05, 0.1) is 15.9 Å². The first-order valence-corrected chi connectivity index (χ1v) is 13.1. The van der Waals surface area contributed by atoms with Crippen molar-refractivity contribution in [3.05, 3.63) is 30.3 Å². The third kappa shape index (κ3) is 5.72. The molecule has 0 spiro atoms. The van der Waals surface area contributed by atoms with Gasteiger partial charge in [0.15, 0.2) is 8.68 Å². The van der Waals surface area contributed by atoms with Crippen LogP contribution in [-0.4, -0.2) is 76.8 Å². The minimum absolute atomic E-state index is 0.0710. The summed E-state index contributed by atoms with van der Waals surface area (Å²) in [4.78, 5) is 25.6. The zero-order valence-electron chi connectivity index (χ0n) is 16.1. The number of sulfonamides is 1. The Morgan fingerprint density at radius 3 is 2.40 bits per heavy atom. The largest absolute Gasteiger partial charge is 0.369 e. The minimum Gasteiger partial charge on any atom is -0.369 e. The fraction of sp³-hybridized carbons (Fsp3) is 0.412. The molecular weight excluding hydrogens is 466 g/mol. The number of primary amides is 1. The summed E-state index contributed by atoms with van der Waals surface area (Å²) in [5, 5.41) is 7.64. The summed E-state index contributed by atoms with van der Waals surface area (Å²) in [6, 6.07) is 8.30. The highest BCUT2D eigenvalue weighted by Gasteiger charge is 2.32. The molecule has 2 N–H and O–H groups in total. The lowest BCUT2D eigenvalue weighted by Gasteiger charge is -2.35. The van der Waals surface area contributed by atoms with Crippen molar-refractivity contribution in [2.24, 2.45) is 5.73 Å². The van der Waals surface area contributed by atoms with Crippen LogP contribution >= 0.6 is 34.9 Å². The predicted octanol–water partition coefficient (Wildman–Crippen LogP) is 1.13. The van der Waals surface area contributed by atoms with E-state index in [-0.39, 0.29) is 34.9 Å². The Kier molecular flexibility index (Phi) is 7.74. The number of nitrogens with zero attached hydrogens (tertiary/aromatic N) is 4. The Hall–Kier alpha value is -1.67. The second kappa shape index (κ2) is 10.1. The number of hydrogen-bond acceptors (Lipinski definition) is 9. The summed E-state index contributed by atoms with van der Waals surface area (Å²) in [5.41, 5.74) is 5.12. The third-order valence-electron chi connectivity index (χ3n) is 4.28. The Morgan fingerprint density at radius 2 is 1.77 bits per heavy atom. The predicted molar refractivity (Wildman–Crippen MR) is 117 cm³/mol. The van der Waals surface area contributed by atoms with E-state index in [0.717, 1.165) is 0 Å². The average Bonchev–Trinajstić information content (AvgIpc) is 3.19. The van der Waals surface area contributed by atoms with Gasteiger partial charge in [0.1, 0.15) is 0 Å². The van der Waals surface area contributed by atoms with Crippen LogP contribution in [-0.2, 0) is 19.6 Å². The zero-order valence-corrected chi connectivity index (χ0v) is 19.4. The normalized spacial score (nSPS) is 16.4. The minimum atomic E-state index is -3.55. The summed E-state index contributed by atoms with van der Waals surface area (Å²) < 4.78 is 28.1. The van der Waals surface area contributed by atoms with Crippen LogP contribution in [0.5, 0.6) is 0 Å². The lowest BCUT2D eigenvalue weighted by atomic mass is 10.3. The third-order valence-corrected chi connectivity index (χ3v) is 9.45. The van der Waals surface area contributed by atoms with Gasteiger partial charge in [-0.15, -0.1) is 10.2 Å². The SMILES string of the molecule is CC(Sc1nnc(SCC(N)=O)s1)C(=O)N1CCN(S(=O)(=O)c2ccccc2)CC1. The molecule has 2 amide bonds. The van der Waals surface area contributed by atoms with Gasteiger partial charge in [-0.05, 0) is 19.1 Å². The molecule has 1 atom stereocenters. The highest BCUT2D eigenvalue weighted by atomic mass is 32.2. The molecule has 0 saturated carbocycles. The van der Waals surface area contributed by atoms with Crippen molar-refractivity contribution >= 4 is 56.7 Å². The quantitative estimate of drug-likeness (QED) is 0.549. The van der Waals surface area contributed by atoms with Gasteiger partial charge < -0.3 is 10.6 Å².